The van der Waals surface area contributed by atoms with E-state index in [-0.39, 0.29) is 5.41 Å². The molecule has 23 heavy (non-hydrogen) atoms. The molecule has 0 unspecified atom stereocenters. The molecule has 118 valence electrons. The first-order valence-electron chi connectivity index (χ1n) is 7.72. The number of rotatable bonds is 6. The fourth-order valence-corrected chi connectivity index (χ4v) is 2.55. The zero-order valence-electron chi connectivity index (χ0n) is 13.5. The third-order valence-electron chi connectivity index (χ3n) is 3.92. The van der Waals surface area contributed by atoms with Crippen molar-refractivity contribution >= 4 is 0 Å². The summed E-state index contributed by atoms with van der Waals surface area (Å²) in [7, 11) is 0. The highest BCUT2D eigenvalue weighted by Crippen LogP contribution is 2.22. The first-order valence-corrected chi connectivity index (χ1v) is 7.72. The lowest BCUT2D eigenvalue weighted by molar-refractivity contribution is 0.455. The van der Waals surface area contributed by atoms with Crippen LogP contribution < -0.4 is 5.32 Å². The van der Waals surface area contributed by atoms with Crippen molar-refractivity contribution < 1.29 is 0 Å². The fraction of sp³-hybridized carbons (Fsp3) is 0.278. The minimum absolute atomic E-state index is 0.0785. The molecule has 0 atom stereocenters. The van der Waals surface area contributed by atoms with Crippen molar-refractivity contribution in [3.05, 3.63) is 66.4 Å². The molecular weight excluding hydrogens is 286 g/mol. The molecule has 2 heterocycles. The summed E-state index contributed by atoms with van der Waals surface area (Å²) < 4.78 is 0. The molecule has 0 saturated carbocycles. The van der Waals surface area contributed by atoms with E-state index in [0.29, 0.717) is 0 Å². The molecule has 0 aliphatic heterocycles. The topological polar surface area (TPSA) is 66.5 Å². The quantitative estimate of drug-likeness (QED) is 0.735. The number of hydrogen-bond donors (Lipinski definition) is 2. The first kappa shape index (κ1) is 15.4. The van der Waals surface area contributed by atoms with Crippen molar-refractivity contribution in [1.82, 2.24) is 25.5 Å². The standard InChI is InChI=1S/C18H21N5/c1-18(2,16-12-19-8-9-21-16)13-20-10-15-11-22-23-17(15)14-6-4-3-5-7-14/h3-9,11-12,20H,10,13H2,1-2H3,(H,22,23). The van der Waals surface area contributed by atoms with Gasteiger partial charge in [0.2, 0.25) is 0 Å². The Labute approximate surface area is 136 Å². The summed E-state index contributed by atoms with van der Waals surface area (Å²) >= 11 is 0. The van der Waals surface area contributed by atoms with E-state index in [2.05, 4.69) is 51.5 Å². The molecular formula is C18H21N5. The van der Waals surface area contributed by atoms with Gasteiger partial charge in [-0.1, -0.05) is 44.2 Å². The molecule has 3 rings (SSSR count). The van der Waals surface area contributed by atoms with Gasteiger partial charge >= 0.3 is 0 Å². The molecule has 5 nitrogen and oxygen atoms in total. The summed E-state index contributed by atoms with van der Waals surface area (Å²) in [5.41, 5.74) is 4.28. The molecule has 0 fully saturated rings. The minimum Gasteiger partial charge on any atom is -0.312 e. The Balaban J connectivity index is 1.65. The van der Waals surface area contributed by atoms with Gasteiger partial charge in [-0.3, -0.25) is 15.1 Å². The van der Waals surface area contributed by atoms with E-state index >= 15 is 0 Å². The maximum absolute atomic E-state index is 4.41. The number of hydrogen-bond acceptors (Lipinski definition) is 4. The van der Waals surface area contributed by atoms with Crippen molar-refractivity contribution in [1.29, 1.82) is 0 Å². The Morgan fingerprint density at radius 1 is 1.09 bits per heavy atom. The average molecular weight is 307 g/mol. The lowest BCUT2D eigenvalue weighted by Crippen LogP contribution is -2.33. The van der Waals surface area contributed by atoms with Crippen molar-refractivity contribution in [3.63, 3.8) is 0 Å². The van der Waals surface area contributed by atoms with Crippen LogP contribution in [0.5, 0.6) is 0 Å². The van der Waals surface area contributed by atoms with E-state index in [9.17, 15) is 0 Å². The molecule has 0 aliphatic carbocycles. The van der Waals surface area contributed by atoms with Gasteiger partial charge in [-0.25, -0.2) is 0 Å². The normalized spacial score (nSPS) is 11.6. The molecule has 0 radical (unpaired) electrons. The summed E-state index contributed by atoms with van der Waals surface area (Å²) in [5, 5.41) is 10.8. The summed E-state index contributed by atoms with van der Waals surface area (Å²) in [6.45, 7) is 5.89. The van der Waals surface area contributed by atoms with E-state index in [1.54, 1.807) is 12.4 Å². The van der Waals surface area contributed by atoms with Crippen LogP contribution >= 0.6 is 0 Å². The molecule has 0 aliphatic rings. The van der Waals surface area contributed by atoms with Crippen molar-refractivity contribution in [3.8, 4) is 11.3 Å². The number of benzene rings is 1. The summed E-state index contributed by atoms with van der Waals surface area (Å²) in [4.78, 5) is 8.57. The van der Waals surface area contributed by atoms with Gasteiger partial charge in [0.25, 0.3) is 0 Å². The van der Waals surface area contributed by atoms with Gasteiger partial charge in [0.1, 0.15) is 0 Å². The molecule has 0 spiro atoms. The summed E-state index contributed by atoms with van der Waals surface area (Å²) in [5.74, 6) is 0. The predicted molar refractivity (Wildman–Crippen MR) is 90.8 cm³/mol. The Kier molecular flexibility index (Phi) is 4.48. The third-order valence-corrected chi connectivity index (χ3v) is 3.92. The lowest BCUT2D eigenvalue weighted by Gasteiger charge is -2.24. The van der Waals surface area contributed by atoms with E-state index in [0.717, 1.165) is 35.6 Å². The van der Waals surface area contributed by atoms with Crippen LogP contribution in [-0.2, 0) is 12.0 Å². The second kappa shape index (κ2) is 6.71. The van der Waals surface area contributed by atoms with Crippen LogP contribution in [0.3, 0.4) is 0 Å². The second-order valence-electron chi connectivity index (χ2n) is 6.21. The largest absolute Gasteiger partial charge is 0.312 e. The van der Waals surface area contributed by atoms with Crippen LogP contribution in [-0.4, -0.2) is 26.7 Å². The van der Waals surface area contributed by atoms with Crippen LogP contribution in [0.25, 0.3) is 11.3 Å². The van der Waals surface area contributed by atoms with Gasteiger partial charge in [0, 0.05) is 42.7 Å². The maximum Gasteiger partial charge on any atom is 0.0695 e. The zero-order chi connectivity index (χ0) is 16.1. The molecule has 0 saturated heterocycles. The summed E-state index contributed by atoms with van der Waals surface area (Å²) in [6, 6.07) is 10.2. The van der Waals surface area contributed by atoms with Crippen LogP contribution in [0.2, 0.25) is 0 Å². The monoisotopic (exact) mass is 307 g/mol. The van der Waals surface area contributed by atoms with Crippen molar-refractivity contribution in [2.75, 3.05) is 6.54 Å². The Morgan fingerprint density at radius 2 is 1.91 bits per heavy atom. The number of aromatic nitrogens is 4. The average Bonchev–Trinajstić information content (AvgIpc) is 3.05. The molecule has 3 aromatic rings. The van der Waals surface area contributed by atoms with Gasteiger partial charge in [-0.2, -0.15) is 5.10 Å². The van der Waals surface area contributed by atoms with Crippen LogP contribution in [0.4, 0.5) is 0 Å². The second-order valence-corrected chi connectivity index (χ2v) is 6.21. The van der Waals surface area contributed by atoms with E-state index in [1.807, 2.05) is 30.6 Å². The van der Waals surface area contributed by atoms with Gasteiger partial charge < -0.3 is 5.32 Å². The highest BCUT2D eigenvalue weighted by atomic mass is 15.1. The summed E-state index contributed by atoms with van der Waals surface area (Å²) in [6.07, 6.45) is 7.14. The van der Waals surface area contributed by atoms with Gasteiger partial charge in [0.15, 0.2) is 0 Å². The highest BCUT2D eigenvalue weighted by molar-refractivity contribution is 5.62. The molecule has 1 aromatic carbocycles. The third kappa shape index (κ3) is 3.63. The minimum atomic E-state index is -0.0785. The van der Waals surface area contributed by atoms with Crippen LogP contribution in [0, 0.1) is 0 Å². The van der Waals surface area contributed by atoms with Crippen molar-refractivity contribution in [2.45, 2.75) is 25.8 Å². The predicted octanol–water partition coefficient (Wildman–Crippen LogP) is 2.93. The molecule has 0 bridgehead atoms. The van der Waals surface area contributed by atoms with Crippen LogP contribution in [0.15, 0.2) is 55.1 Å². The molecule has 2 N–H and O–H groups in total. The Hall–Kier alpha value is -2.53. The van der Waals surface area contributed by atoms with Crippen LogP contribution in [0.1, 0.15) is 25.1 Å². The number of aromatic amines is 1. The van der Waals surface area contributed by atoms with Crippen molar-refractivity contribution in [2.24, 2.45) is 0 Å². The van der Waals surface area contributed by atoms with Gasteiger partial charge in [-0.15, -0.1) is 0 Å². The molecule has 2 aromatic heterocycles. The van der Waals surface area contributed by atoms with Gasteiger partial charge in [0.05, 0.1) is 17.6 Å². The number of H-pyrrole nitrogens is 1. The smallest absolute Gasteiger partial charge is 0.0695 e. The Morgan fingerprint density at radius 3 is 2.65 bits per heavy atom. The van der Waals surface area contributed by atoms with E-state index in [1.165, 1.54) is 0 Å². The van der Waals surface area contributed by atoms with Gasteiger partial charge in [-0.05, 0) is 5.56 Å². The molecule has 5 heteroatoms. The number of nitrogens with one attached hydrogen (secondary N) is 2. The fourth-order valence-electron chi connectivity index (χ4n) is 2.55. The lowest BCUT2D eigenvalue weighted by atomic mass is 9.89. The van der Waals surface area contributed by atoms with E-state index in [4.69, 9.17) is 0 Å². The first-order chi connectivity index (χ1) is 11.2. The molecule has 0 amide bonds. The SMILES string of the molecule is CC(C)(CNCc1cn[nH]c1-c1ccccc1)c1cnccn1. The zero-order valence-corrected chi connectivity index (χ0v) is 13.5. The Bertz CT molecular complexity index is 734. The highest BCUT2D eigenvalue weighted by Gasteiger charge is 2.22. The number of nitrogens with zero attached hydrogens (tertiary/aromatic N) is 3. The van der Waals surface area contributed by atoms with E-state index < -0.39 is 0 Å². The maximum atomic E-state index is 4.41.